The molecule has 0 atom stereocenters. The summed E-state index contributed by atoms with van der Waals surface area (Å²) in [5.41, 5.74) is 0.594. The quantitative estimate of drug-likeness (QED) is 0.481. The fourth-order valence-corrected chi connectivity index (χ4v) is 3.85. The Morgan fingerprint density at radius 3 is 2.43 bits per heavy atom. The van der Waals surface area contributed by atoms with E-state index in [1.165, 1.54) is 25.7 Å². The Hall–Kier alpha value is -2.84. The number of hydrogen-bond donors (Lipinski definition) is 1. The van der Waals surface area contributed by atoms with Crippen LogP contribution in [0.3, 0.4) is 0 Å². The van der Waals surface area contributed by atoms with Gasteiger partial charge in [0.05, 0.1) is 23.3 Å². The number of hydrogen-bond acceptors (Lipinski definition) is 6. The van der Waals surface area contributed by atoms with Gasteiger partial charge >= 0.3 is 12.0 Å². The number of carbonyl (C=O) groups excluding carboxylic acids is 2. The zero-order valence-electron chi connectivity index (χ0n) is 16.1. The van der Waals surface area contributed by atoms with Crippen LogP contribution in [0.25, 0.3) is 0 Å². The molecule has 2 aliphatic rings. The van der Waals surface area contributed by atoms with E-state index >= 15 is 0 Å². The topological polar surface area (TPSA) is 105 Å². The number of esters is 1. The number of rotatable bonds is 4. The lowest BCUT2D eigenvalue weighted by Crippen LogP contribution is -2.54. The van der Waals surface area contributed by atoms with Crippen molar-refractivity contribution in [3.63, 3.8) is 0 Å². The Balaban J connectivity index is 1.64. The maximum absolute atomic E-state index is 12.5. The molecule has 0 spiro atoms. The number of nitrogens with one attached hydrogen (secondary N) is 1. The molecular formula is C19H26N4O5. The Kier molecular flexibility index (Phi) is 6.33. The monoisotopic (exact) mass is 390 g/mol. The molecule has 2 fully saturated rings. The highest BCUT2D eigenvalue weighted by atomic mass is 16.6. The van der Waals surface area contributed by atoms with Gasteiger partial charge in [0.15, 0.2) is 0 Å². The summed E-state index contributed by atoms with van der Waals surface area (Å²) in [4.78, 5) is 38.8. The number of nitro groups is 1. The number of non-ortho nitro benzene ring substituents is 1. The first-order valence-corrected chi connectivity index (χ1v) is 9.66. The number of piperazine rings is 1. The van der Waals surface area contributed by atoms with Crippen LogP contribution in [0.1, 0.15) is 42.5 Å². The summed E-state index contributed by atoms with van der Waals surface area (Å²) >= 11 is 0. The lowest BCUT2D eigenvalue weighted by Gasteiger charge is -2.37. The van der Waals surface area contributed by atoms with E-state index in [1.54, 1.807) is 11.0 Å². The van der Waals surface area contributed by atoms with Crippen molar-refractivity contribution in [2.45, 2.75) is 38.1 Å². The van der Waals surface area contributed by atoms with Crippen LogP contribution in [0.4, 0.5) is 16.2 Å². The number of anilines is 1. The van der Waals surface area contributed by atoms with Crippen LogP contribution in [-0.2, 0) is 4.74 Å². The van der Waals surface area contributed by atoms with Crippen LogP contribution in [0.15, 0.2) is 18.2 Å². The molecule has 1 aromatic rings. The number of methoxy groups -OCH3 is 1. The number of urea groups is 1. The Morgan fingerprint density at radius 1 is 1.14 bits per heavy atom. The van der Waals surface area contributed by atoms with Gasteiger partial charge in [-0.3, -0.25) is 10.1 Å². The second kappa shape index (κ2) is 8.90. The van der Waals surface area contributed by atoms with Crippen molar-refractivity contribution in [3.8, 4) is 0 Å². The molecular weight excluding hydrogens is 364 g/mol. The normalized spacial score (nSPS) is 17.9. The van der Waals surface area contributed by atoms with Gasteiger partial charge in [-0.25, -0.2) is 9.59 Å². The van der Waals surface area contributed by atoms with Gasteiger partial charge in [0.1, 0.15) is 0 Å². The third kappa shape index (κ3) is 4.52. The second-order valence-corrected chi connectivity index (χ2v) is 7.21. The predicted molar refractivity (Wildman–Crippen MR) is 104 cm³/mol. The number of benzene rings is 1. The maximum atomic E-state index is 12.5. The van der Waals surface area contributed by atoms with Crippen molar-refractivity contribution >= 4 is 23.4 Å². The molecule has 28 heavy (non-hydrogen) atoms. The molecule has 0 aromatic heterocycles. The molecule has 1 aliphatic heterocycles. The molecule has 2 amide bonds. The Labute approximate surface area is 163 Å². The summed E-state index contributed by atoms with van der Waals surface area (Å²) < 4.78 is 4.78. The van der Waals surface area contributed by atoms with Gasteiger partial charge < -0.3 is 19.9 Å². The number of amides is 2. The van der Waals surface area contributed by atoms with Crippen LogP contribution in [0, 0.1) is 10.1 Å². The molecule has 152 valence electrons. The highest BCUT2D eigenvalue weighted by Gasteiger charge is 2.27. The van der Waals surface area contributed by atoms with Crippen molar-refractivity contribution in [1.82, 2.24) is 10.2 Å². The lowest BCUT2D eigenvalue weighted by molar-refractivity contribution is -0.384. The van der Waals surface area contributed by atoms with Crippen molar-refractivity contribution < 1.29 is 19.2 Å². The van der Waals surface area contributed by atoms with Crippen LogP contribution < -0.4 is 10.2 Å². The Morgan fingerprint density at radius 2 is 1.82 bits per heavy atom. The summed E-state index contributed by atoms with van der Waals surface area (Å²) in [7, 11) is 1.25. The summed E-state index contributed by atoms with van der Waals surface area (Å²) in [6, 6.07) is 4.42. The molecule has 1 saturated carbocycles. The molecule has 3 rings (SSSR count). The van der Waals surface area contributed by atoms with E-state index < -0.39 is 10.9 Å². The molecule has 1 aromatic carbocycles. The SMILES string of the molecule is COC(=O)c1cc([N+](=O)[O-])ccc1N1CCN(C(=O)NC2CCCCC2)CC1. The number of nitro benzene ring substituents is 1. The third-order valence-electron chi connectivity index (χ3n) is 5.44. The molecule has 0 radical (unpaired) electrons. The predicted octanol–water partition coefficient (Wildman–Crippen LogP) is 2.55. The molecule has 9 nitrogen and oxygen atoms in total. The van der Waals surface area contributed by atoms with E-state index in [4.69, 9.17) is 4.74 Å². The average molecular weight is 390 g/mol. The molecule has 1 N–H and O–H groups in total. The van der Waals surface area contributed by atoms with Gasteiger partial charge in [-0.15, -0.1) is 0 Å². The molecule has 1 heterocycles. The van der Waals surface area contributed by atoms with Crippen LogP contribution in [-0.4, -0.2) is 61.2 Å². The standard InChI is InChI=1S/C19H26N4O5/c1-28-18(24)16-13-15(23(26)27)7-8-17(16)21-9-11-22(12-10-21)19(25)20-14-5-3-2-4-6-14/h7-8,13-14H,2-6,9-12H2,1H3,(H,20,25). The van der Waals surface area contributed by atoms with Crippen molar-refractivity contribution in [3.05, 3.63) is 33.9 Å². The number of nitrogens with zero attached hydrogens (tertiary/aromatic N) is 3. The van der Waals surface area contributed by atoms with Crippen molar-refractivity contribution in [1.29, 1.82) is 0 Å². The lowest BCUT2D eigenvalue weighted by atomic mass is 9.96. The van der Waals surface area contributed by atoms with Gasteiger partial charge in [-0.05, 0) is 18.9 Å². The smallest absolute Gasteiger partial charge is 0.340 e. The van der Waals surface area contributed by atoms with E-state index in [1.807, 2.05) is 4.90 Å². The Bertz CT molecular complexity index is 740. The van der Waals surface area contributed by atoms with Gasteiger partial charge in [0.2, 0.25) is 0 Å². The first-order chi connectivity index (χ1) is 13.5. The minimum absolute atomic E-state index is 0.0385. The first kappa shape index (κ1) is 19.9. The summed E-state index contributed by atoms with van der Waals surface area (Å²) in [5, 5.41) is 14.1. The molecule has 0 bridgehead atoms. The van der Waals surface area contributed by atoms with Crippen molar-refractivity contribution in [2.24, 2.45) is 0 Å². The zero-order chi connectivity index (χ0) is 20.1. The zero-order valence-corrected chi connectivity index (χ0v) is 16.1. The van der Waals surface area contributed by atoms with Gasteiger partial charge in [0.25, 0.3) is 5.69 Å². The average Bonchev–Trinajstić information content (AvgIpc) is 2.73. The van der Waals surface area contributed by atoms with Gasteiger partial charge in [-0.2, -0.15) is 0 Å². The van der Waals surface area contributed by atoms with Gasteiger partial charge in [0, 0.05) is 44.4 Å². The van der Waals surface area contributed by atoms with Crippen LogP contribution in [0.2, 0.25) is 0 Å². The molecule has 0 unspecified atom stereocenters. The van der Waals surface area contributed by atoms with E-state index in [9.17, 15) is 19.7 Å². The largest absolute Gasteiger partial charge is 0.465 e. The van der Waals surface area contributed by atoms with E-state index in [0.29, 0.717) is 31.9 Å². The van der Waals surface area contributed by atoms with E-state index in [2.05, 4.69) is 5.32 Å². The molecule has 1 saturated heterocycles. The first-order valence-electron chi connectivity index (χ1n) is 9.66. The highest BCUT2D eigenvalue weighted by molar-refractivity contribution is 5.96. The van der Waals surface area contributed by atoms with Crippen molar-refractivity contribution in [2.75, 3.05) is 38.2 Å². The minimum Gasteiger partial charge on any atom is -0.465 e. The highest BCUT2D eigenvalue weighted by Crippen LogP contribution is 2.27. The summed E-state index contributed by atoms with van der Waals surface area (Å²) in [6.07, 6.45) is 5.64. The molecule has 1 aliphatic carbocycles. The third-order valence-corrected chi connectivity index (χ3v) is 5.44. The van der Waals surface area contributed by atoms with Gasteiger partial charge in [-0.1, -0.05) is 19.3 Å². The summed E-state index contributed by atoms with van der Waals surface area (Å²) in [5.74, 6) is -0.615. The van der Waals surface area contributed by atoms with E-state index in [0.717, 1.165) is 25.7 Å². The second-order valence-electron chi connectivity index (χ2n) is 7.21. The van der Waals surface area contributed by atoms with Crippen LogP contribution >= 0.6 is 0 Å². The number of carbonyl (C=O) groups is 2. The number of ether oxygens (including phenoxy) is 1. The fraction of sp³-hybridized carbons (Fsp3) is 0.579. The van der Waals surface area contributed by atoms with Crippen LogP contribution in [0.5, 0.6) is 0 Å². The summed E-state index contributed by atoms with van der Waals surface area (Å²) in [6.45, 7) is 2.13. The fourth-order valence-electron chi connectivity index (χ4n) is 3.85. The minimum atomic E-state index is -0.615. The van der Waals surface area contributed by atoms with E-state index in [-0.39, 0.29) is 23.3 Å². The molecule has 9 heteroatoms. The maximum Gasteiger partial charge on any atom is 0.340 e.